The molecule has 1 N–H and O–H groups in total. The van der Waals surface area contributed by atoms with Gasteiger partial charge < -0.3 is 14.0 Å². The fourth-order valence-electron chi connectivity index (χ4n) is 3.51. The van der Waals surface area contributed by atoms with Crippen molar-refractivity contribution in [1.29, 1.82) is 0 Å². The van der Waals surface area contributed by atoms with Gasteiger partial charge in [0.15, 0.2) is 6.23 Å². The third kappa shape index (κ3) is 5.18. The number of aromatic amines is 1. The molecule has 0 amide bonds. The van der Waals surface area contributed by atoms with Gasteiger partial charge in [-0.2, -0.15) is 0 Å². The predicted molar refractivity (Wildman–Crippen MR) is 120 cm³/mol. The maximum absolute atomic E-state index is 13.3. The molecule has 0 bridgehead atoms. The van der Waals surface area contributed by atoms with Crippen LogP contribution >= 0.6 is 19.4 Å². The molecule has 0 saturated carbocycles. The molecule has 3 heterocycles. The lowest BCUT2D eigenvalue weighted by molar-refractivity contribution is -0.145. The summed E-state index contributed by atoms with van der Waals surface area (Å²) in [6.45, 7) is 3.18. The number of hydrogen-bond acceptors (Lipinski definition) is 9. The summed E-state index contributed by atoms with van der Waals surface area (Å²) in [4.78, 5) is 37.9. The van der Waals surface area contributed by atoms with E-state index in [1.807, 2.05) is 0 Å². The maximum atomic E-state index is 13.3. The van der Waals surface area contributed by atoms with Crippen molar-refractivity contribution >= 4 is 25.4 Å². The standard InChI is InChI=1S/C21H22ClN2O9P/c1-3-29-18(25)9-16-19-14(22)5-4-6-15(19)32-34(28,33-16)30-11-13-7-8-17(31-13)24-10-12(2)20(26)23-21(24)27/h4-8,10,13,16-17H,3,9,11H2,1-2H3,(H,23,26,27)/t13-,16?,17+,34?/m0/s1. The Morgan fingerprint density at radius 3 is 2.85 bits per heavy atom. The number of fused-ring (bicyclic) bond motifs is 1. The van der Waals surface area contributed by atoms with Crippen molar-refractivity contribution < 1.29 is 32.4 Å². The molecule has 2 aliphatic heterocycles. The number of rotatable bonds is 7. The molecule has 0 saturated heterocycles. The smallest absolute Gasteiger partial charge is 0.466 e. The second-order valence-electron chi connectivity index (χ2n) is 7.52. The van der Waals surface area contributed by atoms with E-state index in [0.29, 0.717) is 11.1 Å². The molecule has 34 heavy (non-hydrogen) atoms. The van der Waals surface area contributed by atoms with Crippen molar-refractivity contribution in [2.24, 2.45) is 0 Å². The summed E-state index contributed by atoms with van der Waals surface area (Å²) in [6.07, 6.45) is 1.89. The van der Waals surface area contributed by atoms with Crippen LogP contribution in [0, 0.1) is 6.92 Å². The molecule has 4 atom stereocenters. The number of phosphoric acid groups is 1. The molecule has 0 aliphatic carbocycles. The van der Waals surface area contributed by atoms with E-state index in [9.17, 15) is 18.9 Å². The summed E-state index contributed by atoms with van der Waals surface area (Å²) in [7, 11) is -4.16. The molecule has 0 fully saturated rings. The second kappa shape index (κ2) is 9.89. The van der Waals surface area contributed by atoms with Gasteiger partial charge in [0.1, 0.15) is 18.0 Å². The van der Waals surface area contributed by atoms with E-state index in [-0.39, 0.29) is 30.4 Å². The number of benzene rings is 1. The monoisotopic (exact) mass is 512 g/mol. The first-order valence-electron chi connectivity index (χ1n) is 10.4. The molecule has 0 spiro atoms. The van der Waals surface area contributed by atoms with Crippen molar-refractivity contribution in [3.05, 3.63) is 73.5 Å². The number of carbonyl (C=O) groups excluding carboxylic acids is 1. The summed E-state index contributed by atoms with van der Waals surface area (Å²) in [6, 6.07) is 4.75. The minimum atomic E-state index is -4.16. The topological polar surface area (TPSA) is 135 Å². The Balaban J connectivity index is 1.46. The van der Waals surface area contributed by atoms with Gasteiger partial charge in [0, 0.05) is 17.3 Å². The van der Waals surface area contributed by atoms with Crippen molar-refractivity contribution in [3.8, 4) is 5.75 Å². The lowest BCUT2D eigenvalue weighted by Crippen LogP contribution is -2.33. The summed E-state index contributed by atoms with van der Waals surface area (Å²) in [5.41, 5.74) is -0.397. The van der Waals surface area contributed by atoms with Crippen LogP contribution < -0.4 is 15.8 Å². The van der Waals surface area contributed by atoms with Crippen LogP contribution in [0.2, 0.25) is 5.02 Å². The summed E-state index contributed by atoms with van der Waals surface area (Å²) in [5, 5.41) is 0.282. The van der Waals surface area contributed by atoms with Gasteiger partial charge in [0.25, 0.3) is 5.56 Å². The molecule has 2 aliphatic rings. The molecule has 2 aromatic rings. The highest BCUT2D eigenvalue weighted by molar-refractivity contribution is 7.49. The number of aryl methyl sites for hydroxylation is 1. The van der Waals surface area contributed by atoms with Crippen LogP contribution in [0.3, 0.4) is 0 Å². The van der Waals surface area contributed by atoms with Gasteiger partial charge in [-0.1, -0.05) is 23.7 Å². The Morgan fingerprint density at radius 2 is 2.09 bits per heavy atom. The molecular weight excluding hydrogens is 491 g/mol. The van der Waals surface area contributed by atoms with E-state index in [2.05, 4.69) is 4.98 Å². The molecule has 2 unspecified atom stereocenters. The van der Waals surface area contributed by atoms with Crippen molar-refractivity contribution in [2.45, 2.75) is 38.7 Å². The highest BCUT2D eigenvalue weighted by Crippen LogP contribution is 2.60. The van der Waals surface area contributed by atoms with E-state index in [0.717, 1.165) is 0 Å². The van der Waals surface area contributed by atoms with Crippen LogP contribution in [0.1, 0.15) is 36.8 Å². The van der Waals surface area contributed by atoms with E-state index >= 15 is 0 Å². The number of carbonyl (C=O) groups is 1. The number of phosphoric ester groups is 1. The normalized spacial score (nSPS) is 25.6. The van der Waals surface area contributed by atoms with Crippen molar-refractivity contribution in [1.82, 2.24) is 9.55 Å². The average Bonchev–Trinajstić information content (AvgIpc) is 3.24. The molecule has 0 radical (unpaired) electrons. The Morgan fingerprint density at radius 1 is 1.29 bits per heavy atom. The summed E-state index contributed by atoms with van der Waals surface area (Å²) < 4.78 is 41.7. The number of H-pyrrole nitrogens is 1. The highest BCUT2D eigenvalue weighted by atomic mass is 35.5. The Kier molecular flexibility index (Phi) is 7.11. The summed E-state index contributed by atoms with van der Waals surface area (Å²) in [5.74, 6) is -0.384. The first-order valence-corrected chi connectivity index (χ1v) is 12.3. The lowest BCUT2D eigenvalue weighted by Gasteiger charge is -2.31. The second-order valence-corrected chi connectivity index (χ2v) is 9.47. The first kappa shape index (κ1) is 24.4. The fraction of sp³-hybridized carbons (Fsp3) is 0.381. The minimum Gasteiger partial charge on any atom is -0.466 e. The predicted octanol–water partition coefficient (Wildman–Crippen LogP) is 3.18. The van der Waals surface area contributed by atoms with Gasteiger partial charge in [-0.25, -0.2) is 9.36 Å². The zero-order valence-electron chi connectivity index (χ0n) is 18.3. The molecule has 182 valence electrons. The van der Waals surface area contributed by atoms with Crippen LogP contribution in [-0.4, -0.2) is 34.8 Å². The van der Waals surface area contributed by atoms with Crippen LogP contribution in [0.4, 0.5) is 0 Å². The number of halogens is 1. The largest absolute Gasteiger partial charge is 0.530 e. The number of nitrogens with zero attached hydrogens (tertiary/aromatic N) is 1. The Labute approximate surface area is 198 Å². The first-order chi connectivity index (χ1) is 16.2. The number of ether oxygens (including phenoxy) is 2. The zero-order valence-corrected chi connectivity index (χ0v) is 19.9. The van der Waals surface area contributed by atoms with Gasteiger partial charge in [-0.15, -0.1) is 0 Å². The maximum Gasteiger partial charge on any atom is 0.530 e. The van der Waals surface area contributed by atoms with E-state index in [1.165, 1.54) is 10.8 Å². The van der Waals surface area contributed by atoms with Crippen LogP contribution in [-0.2, 0) is 27.9 Å². The van der Waals surface area contributed by atoms with Gasteiger partial charge in [-0.05, 0) is 32.1 Å². The van der Waals surface area contributed by atoms with Crippen LogP contribution in [0.15, 0.2) is 46.1 Å². The van der Waals surface area contributed by atoms with Crippen molar-refractivity contribution in [2.75, 3.05) is 13.2 Å². The quantitative estimate of drug-likeness (QED) is 0.337. The van der Waals surface area contributed by atoms with E-state index in [4.69, 9.17) is 34.6 Å². The van der Waals surface area contributed by atoms with Gasteiger partial charge in [-0.3, -0.25) is 28.2 Å². The SMILES string of the molecule is CCOC(=O)CC1OP(=O)(OC[C@@H]2C=C[C@H](n3cc(C)c(=O)[nH]c3=O)O2)Oc2cccc(Cl)c21. The lowest BCUT2D eigenvalue weighted by atomic mass is 10.1. The summed E-state index contributed by atoms with van der Waals surface area (Å²) >= 11 is 6.26. The van der Waals surface area contributed by atoms with Crippen LogP contribution in [0.5, 0.6) is 5.75 Å². The Hall–Kier alpha value is -2.69. The van der Waals surface area contributed by atoms with Crippen molar-refractivity contribution in [3.63, 3.8) is 0 Å². The van der Waals surface area contributed by atoms with Gasteiger partial charge in [0.2, 0.25) is 0 Å². The molecule has 1 aromatic carbocycles. The number of nitrogens with one attached hydrogen (secondary N) is 1. The highest BCUT2D eigenvalue weighted by Gasteiger charge is 2.42. The van der Waals surface area contributed by atoms with E-state index in [1.54, 1.807) is 44.2 Å². The van der Waals surface area contributed by atoms with Gasteiger partial charge in [0.05, 0.1) is 24.7 Å². The molecular formula is C21H22ClN2O9P. The number of hydrogen-bond donors (Lipinski definition) is 1. The van der Waals surface area contributed by atoms with Crippen LogP contribution in [0.25, 0.3) is 0 Å². The minimum absolute atomic E-state index is 0.174. The molecule has 13 heteroatoms. The third-order valence-corrected chi connectivity index (χ3v) is 6.81. The number of esters is 1. The third-order valence-electron chi connectivity index (χ3n) is 5.08. The molecule has 11 nitrogen and oxygen atoms in total. The average molecular weight is 513 g/mol. The Bertz CT molecular complexity index is 1290. The van der Waals surface area contributed by atoms with E-state index < -0.39 is 43.5 Å². The fourth-order valence-corrected chi connectivity index (χ4v) is 5.17. The van der Waals surface area contributed by atoms with Gasteiger partial charge >= 0.3 is 19.5 Å². The molecule has 1 aromatic heterocycles. The molecule has 4 rings (SSSR count). The number of aromatic nitrogens is 2. The zero-order chi connectivity index (χ0) is 24.5.